The molecule has 1 aliphatic heterocycles. The highest BCUT2D eigenvalue weighted by Crippen LogP contribution is 2.23. The van der Waals surface area contributed by atoms with Crippen LogP contribution in [0.25, 0.3) is 0 Å². The van der Waals surface area contributed by atoms with Crippen LogP contribution in [0.2, 0.25) is 0 Å². The fourth-order valence-electron chi connectivity index (χ4n) is 2.77. The molecule has 0 bridgehead atoms. The number of aromatic nitrogens is 2. The van der Waals surface area contributed by atoms with E-state index in [9.17, 15) is 14.4 Å². The average Bonchev–Trinajstić information content (AvgIpc) is 2.84. The van der Waals surface area contributed by atoms with Gasteiger partial charge in [-0.05, 0) is 20.8 Å². The van der Waals surface area contributed by atoms with E-state index in [0.29, 0.717) is 31.7 Å². The second-order valence-corrected chi connectivity index (χ2v) is 7.29. The molecule has 2 N–H and O–H groups in total. The van der Waals surface area contributed by atoms with Crippen molar-refractivity contribution in [3.05, 3.63) is 17.0 Å². The lowest BCUT2D eigenvalue weighted by Gasteiger charge is -2.29. The van der Waals surface area contributed by atoms with E-state index in [1.165, 1.54) is 11.6 Å². The highest BCUT2D eigenvalue weighted by atomic mass is 16.6. The van der Waals surface area contributed by atoms with E-state index in [-0.39, 0.29) is 18.4 Å². The summed E-state index contributed by atoms with van der Waals surface area (Å²) < 4.78 is 6.96. The van der Waals surface area contributed by atoms with Crippen molar-refractivity contribution in [3.8, 4) is 0 Å². The largest absolute Gasteiger partial charge is 0.444 e. The summed E-state index contributed by atoms with van der Waals surface area (Å²) in [5.74, 6) is -0.428. The van der Waals surface area contributed by atoms with Gasteiger partial charge in [-0.25, -0.2) is 4.79 Å². The number of fused-ring (bicyclic) bond motifs is 1. The van der Waals surface area contributed by atoms with E-state index in [1.807, 2.05) is 20.8 Å². The SMILES string of the molecule is CC(=O)NCCNC(=O)c1c2c(nn1C)CCN(C(=O)OC(C)(C)C)C2. The molecular weight excluding hydrogens is 338 g/mol. The summed E-state index contributed by atoms with van der Waals surface area (Å²) in [6.45, 7) is 8.33. The normalized spacial score (nSPS) is 13.8. The zero-order valence-electron chi connectivity index (χ0n) is 16.0. The van der Waals surface area contributed by atoms with Gasteiger partial charge in [-0.1, -0.05) is 0 Å². The van der Waals surface area contributed by atoms with Crippen molar-refractivity contribution in [3.63, 3.8) is 0 Å². The quantitative estimate of drug-likeness (QED) is 0.759. The molecule has 144 valence electrons. The molecule has 0 saturated heterocycles. The third-order valence-electron chi connectivity index (χ3n) is 3.85. The summed E-state index contributed by atoms with van der Waals surface area (Å²) in [6, 6.07) is 0. The Balaban J connectivity index is 2.08. The number of carbonyl (C=O) groups excluding carboxylic acids is 3. The van der Waals surface area contributed by atoms with Crippen LogP contribution in [0.4, 0.5) is 4.79 Å². The number of nitrogens with one attached hydrogen (secondary N) is 2. The van der Waals surface area contributed by atoms with E-state index in [0.717, 1.165) is 11.3 Å². The van der Waals surface area contributed by atoms with Crippen molar-refractivity contribution in [2.75, 3.05) is 19.6 Å². The molecule has 1 aromatic heterocycles. The Bertz CT molecular complexity index is 705. The van der Waals surface area contributed by atoms with Crippen LogP contribution in [-0.4, -0.2) is 57.8 Å². The van der Waals surface area contributed by atoms with Crippen molar-refractivity contribution in [1.82, 2.24) is 25.3 Å². The molecule has 0 atom stereocenters. The molecule has 0 aliphatic carbocycles. The Morgan fingerprint density at radius 3 is 2.46 bits per heavy atom. The Morgan fingerprint density at radius 1 is 1.19 bits per heavy atom. The van der Waals surface area contributed by atoms with Gasteiger partial charge in [-0.3, -0.25) is 14.3 Å². The van der Waals surface area contributed by atoms with Crippen LogP contribution in [0, 0.1) is 0 Å². The van der Waals surface area contributed by atoms with Gasteiger partial charge in [-0.2, -0.15) is 5.10 Å². The van der Waals surface area contributed by atoms with Crippen molar-refractivity contribution >= 4 is 17.9 Å². The van der Waals surface area contributed by atoms with Crippen LogP contribution in [0.3, 0.4) is 0 Å². The molecule has 9 nitrogen and oxygen atoms in total. The molecule has 1 aromatic rings. The van der Waals surface area contributed by atoms with Crippen LogP contribution < -0.4 is 10.6 Å². The van der Waals surface area contributed by atoms with Gasteiger partial charge in [0.2, 0.25) is 5.91 Å². The van der Waals surface area contributed by atoms with Crippen molar-refractivity contribution in [2.45, 2.75) is 46.3 Å². The molecule has 0 fully saturated rings. The molecule has 3 amide bonds. The first-order valence-electron chi connectivity index (χ1n) is 8.64. The van der Waals surface area contributed by atoms with Gasteiger partial charge >= 0.3 is 6.09 Å². The minimum atomic E-state index is -0.573. The number of aryl methyl sites for hydroxylation is 1. The maximum Gasteiger partial charge on any atom is 0.410 e. The summed E-state index contributed by atoms with van der Waals surface area (Å²) in [5, 5.41) is 9.79. The molecule has 0 spiro atoms. The first kappa shape index (κ1) is 19.7. The van der Waals surface area contributed by atoms with Crippen LogP contribution in [0.1, 0.15) is 49.4 Å². The number of amides is 3. The maximum atomic E-state index is 12.5. The van der Waals surface area contributed by atoms with Gasteiger partial charge in [0.15, 0.2) is 0 Å². The van der Waals surface area contributed by atoms with E-state index >= 15 is 0 Å². The number of carbonyl (C=O) groups is 3. The number of ether oxygens (including phenoxy) is 1. The van der Waals surface area contributed by atoms with Crippen molar-refractivity contribution in [2.24, 2.45) is 7.05 Å². The van der Waals surface area contributed by atoms with Gasteiger partial charge in [-0.15, -0.1) is 0 Å². The zero-order valence-corrected chi connectivity index (χ0v) is 16.0. The Morgan fingerprint density at radius 2 is 1.85 bits per heavy atom. The monoisotopic (exact) mass is 365 g/mol. The number of hydrogen-bond donors (Lipinski definition) is 2. The highest BCUT2D eigenvalue weighted by Gasteiger charge is 2.31. The van der Waals surface area contributed by atoms with Gasteiger partial charge in [0.05, 0.1) is 12.2 Å². The molecule has 0 radical (unpaired) electrons. The summed E-state index contributed by atoms with van der Waals surface area (Å²) in [7, 11) is 1.71. The van der Waals surface area contributed by atoms with Gasteiger partial charge in [0.1, 0.15) is 11.3 Å². The second kappa shape index (κ2) is 7.76. The lowest BCUT2D eigenvalue weighted by atomic mass is 10.1. The second-order valence-electron chi connectivity index (χ2n) is 7.29. The van der Waals surface area contributed by atoms with Gasteiger partial charge < -0.3 is 20.3 Å². The summed E-state index contributed by atoms with van der Waals surface area (Å²) in [6.07, 6.45) is 0.172. The Kier molecular flexibility index (Phi) is 5.89. The molecule has 1 aliphatic rings. The molecule has 9 heteroatoms. The lowest BCUT2D eigenvalue weighted by molar-refractivity contribution is -0.118. The van der Waals surface area contributed by atoms with E-state index in [4.69, 9.17) is 4.74 Å². The number of hydrogen-bond acceptors (Lipinski definition) is 5. The van der Waals surface area contributed by atoms with Crippen LogP contribution in [0.15, 0.2) is 0 Å². The first-order chi connectivity index (χ1) is 12.1. The standard InChI is InChI=1S/C17H27N5O4/c1-11(23)18-7-8-19-15(24)14-12-10-22(16(25)26-17(2,3)4)9-6-13(12)20-21(14)5/h6-10H2,1-5H3,(H,18,23)(H,19,24). The lowest BCUT2D eigenvalue weighted by Crippen LogP contribution is -2.40. The predicted octanol–water partition coefficient (Wildman–Crippen LogP) is 0.579. The topological polar surface area (TPSA) is 106 Å². The smallest absolute Gasteiger partial charge is 0.410 e. The molecule has 0 unspecified atom stereocenters. The predicted molar refractivity (Wildman–Crippen MR) is 94.6 cm³/mol. The van der Waals surface area contributed by atoms with Gasteiger partial charge in [0, 0.05) is 45.6 Å². The number of nitrogens with zero attached hydrogens (tertiary/aromatic N) is 3. The molecule has 26 heavy (non-hydrogen) atoms. The van der Waals surface area contributed by atoms with Crippen molar-refractivity contribution < 1.29 is 19.1 Å². The van der Waals surface area contributed by atoms with E-state index in [1.54, 1.807) is 11.9 Å². The summed E-state index contributed by atoms with van der Waals surface area (Å²) in [4.78, 5) is 37.3. The van der Waals surface area contributed by atoms with Crippen LogP contribution in [-0.2, 0) is 29.5 Å². The Labute approximate surface area is 153 Å². The molecule has 2 rings (SSSR count). The average molecular weight is 365 g/mol. The van der Waals surface area contributed by atoms with Crippen LogP contribution >= 0.6 is 0 Å². The maximum absolute atomic E-state index is 12.5. The minimum absolute atomic E-state index is 0.148. The third kappa shape index (κ3) is 4.96. The molecule has 2 heterocycles. The fraction of sp³-hybridized carbons (Fsp3) is 0.647. The Hall–Kier alpha value is -2.58. The minimum Gasteiger partial charge on any atom is -0.444 e. The van der Waals surface area contributed by atoms with E-state index in [2.05, 4.69) is 15.7 Å². The fourth-order valence-corrected chi connectivity index (χ4v) is 2.77. The van der Waals surface area contributed by atoms with Gasteiger partial charge in [0.25, 0.3) is 5.91 Å². The van der Waals surface area contributed by atoms with E-state index < -0.39 is 11.7 Å². The number of rotatable bonds is 4. The zero-order chi connectivity index (χ0) is 19.5. The molecule has 0 aromatic carbocycles. The third-order valence-corrected chi connectivity index (χ3v) is 3.85. The van der Waals surface area contributed by atoms with Crippen molar-refractivity contribution in [1.29, 1.82) is 0 Å². The summed E-state index contributed by atoms with van der Waals surface area (Å²) in [5.41, 5.74) is 1.41. The highest BCUT2D eigenvalue weighted by molar-refractivity contribution is 5.94. The first-order valence-corrected chi connectivity index (χ1v) is 8.64. The molecule has 0 saturated carbocycles. The molecular formula is C17H27N5O4. The summed E-state index contributed by atoms with van der Waals surface area (Å²) >= 11 is 0. The van der Waals surface area contributed by atoms with Crippen LogP contribution in [0.5, 0.6) is 0 Å².